The monoisotopic (exact) mass is 405 g/mol. The molecule has 0 aliphatic rings. The maximum Gasteiger partial charge on any atom is 0.135 e. The van der Waals surface area contributed by atoms with E-state index in [1.54, 1.807) is 19.2 Å². The molecule has 0 aromatic heterocycles. The normalized spacial score (nSPS) is 10.4. The Morgan fingerprint density at radius 1 is 1.10 bits per heavy atom. The molecule has 20 heavy (non-hydrogen) atoms. The van der Waals surface area contributed by atoms with Crippen LogP contribution in [0.4, 0.5) is 14.5 Å². The van der Waals surface area contributed by atoms with Gasteiger partial charge >= 0.3 is 0 Å². The van der Waals surface area contributed by atoms with Crippen LogP contribution >= 0.6 is 31.9 Å². The largest absolute Gasteiger partial charge is 0.495 e. The quantitative estimate of drug-likeness (QED) is 0.761. The molecule has 0 unspecified atom stereocenters. The van der Waals surface area contributed by atoms with Crippen LogP contribution in [0.5, 0.6) is 5.75 Å². The first-order valence-corrected chi connectivity index (χ1v) is 7.31. The number of hydrogen-bond acceptors (Lipinski definition) is 2. The Kier molecular flexibility index (Phi) is 4.99. The van der Waals surface area contributed by atoms with Crippen molar-refractivity contribution in [3.63, 3.8) is 0 Å². The second kappa shape index (κ2) is 6.54. The van der Waals surface area contributed by atoms with Gasteiger partial charge in [0.15, 0.2) is 0 Å². The highest BCUT2D eigenvalue weighted by Gasteiger charge is 2.11. The van der Waals surface area contributed by atoms with Gasteiger partial charge in [-0.2, -0.15) is 0 Å². The SMILES string of the molecule is COc1cc(NCc2c(F)cccc2F)c(Br)cc1Br. The summed E-state index contributed by atoms with van der Waals surface area (Å²) in [5, 5.41) is 2.99. The van der Waals surface area contributed by atoms with E-state index in [-0.39, 0.29) is 12.1 Å². The number of benzene rings is 2. The third-order valence-corrected chi connectivity index (χ3v) is 4.03. The lowest BCUT2D eigenvalue weighted by Crippen LogP contribution is -2.05. The van der Waals surface area contributed by atoms with Gasteiger partial charge in [-0.05, 0) is 50.1 Å². The van der Waals surface area contributed by atoms with Crippen LogP contribution in [0.1, 0.15) is 5.56 Å². The molecule has 0 saturated heterocycles. The number of anilines is 1. The molecule has 0 radical (unpaired) electrons. The van der Waals surface area contributed by atoms with Crippen LogP contribution < -0.4 is 10.1 Å². The molecule has 0 spiro atoms. The summed E-state index contributed by atoms with van der Waals surface area (Å²) in [4.78, 5) is 0. The molecule has 0 bridgehead atoms. The Morgan fingerprint density at radius 2 is 1.75 bits per heavy atom. The Morgan fingerprint density at radius 3 is 2.35 bits per heavy atom. The van der Waals surface area contributed by atoms with Gasteiger partial charge in [-0.25, -0.2) is 8.78 Å². The number of hydrogen-bond donors (Lipinski definition) is 1. The van der Waals surface area contributed by atoms with Crippen molar-refractivity contribution in [1.29, 1.82) is 0 Å². The predicted molar refractivity (Wildman–Crippen MR) is 82.1 cm³/mol. The molecule has 2 aromatic carbocycles. The summed E-state index contributed by atoms with van der Waals surface area (Å²) in [5.74, 6) is -0.514. The second-order valence-electron chi connectivity index (χ2n) is 4.02. The van der Waals surface area contributed by atoms with Crippen molar-refractivity contribution >= 4 is 37.5 Å². The molecule has 0 aliphatic carbocycles. The van der Waals surface area contributed by atoms with Gasteiger partial charge < -0.3 is 10.1 Å². The van der Waals surface area contributed by atoms with Crippen LogP contribution in [-0.2, 0) is 6.54 Å². The van der Waals surface area contributed by atoms with Crippen molar-refractivity contribution in [1.82, 2.24) is 0 Å². The summed E-state index contributed by atoms with van der Waals surface area (Å²) in [7, 11) is 1.55. The third-order valence-electron chi connectivity index (χ3n) is 2.76. The van der Waals surface area contributed by atoms with E-state index in [2.05, 4.69) is 37.2 Å². The molecule has 0 saturated carbocycles. The average Bonchev–Trinajstić information content (AvgIpc) is 2.40. The maximum absolute atomic E-state index is 13.5. The van der Waals surface area contributed by atoms with Crippen molar-refractivity contribution in [3.8, 4) is 5.75 Å². The van der Waals surface area contributed by atoms with E-state index in [0.29, 0.717) is 11.4 Å². The molecule has 0 aliphatic heterocycles. The van der Waals surface area contributed by atoms with Crippen molar-refractivity contribution in [2.75, 3.05) is 12.4 Å². The molecule has 106 valence electrons. The minimum absolute atomic E-state index is 0.00119. The van der Waals surface area contributed by atoms with E-state index in [9.17, 15) is 8.78 Å². The average molecular weight is 407 g/mol. The highest BCUT2D eigenvalue weighted by molar-refractivity contribution is 9.11. The lowest BCUT2D eigenvalue weighted by atomic mass is 10.2. The van der Waals surface area contributed by atoms with Gasteiger partial charge in [-0.15, -0.1) is 0 Å². The van der Waals surface area contributed by atoms with E-state index in [0.717, 1.165) is 8.95 Å². The molecule has 6 heteroatoms. The van der Waals surface area contributed by atoms with Gasteiger partial charge in [-0.1, -0.05) is 6.07 Å². The Bertz CT molecular complexity index is 615. The number of rotatable bonds is 4. The van der Waals surface area contributed by atoms with Crippen molar-refractivity contribution in [2.24, 2.45) is 0 Å². The number of ether oxygens (including phenoxy) is 1. The van der Waals surface area contributed by atoms with Crippen LogP contribution in [0.25, 0.3) is 0 Å². The van der Waals surface area contributed by atoms with Gasteiger partial charge in [0.1, 0.15) is 17.4 Å². The summed E-state index contributed by atoms with van der Waals surface area (Å²) >= 11 is 6.74. The first-order chi connectivity index (χ1) is 9.52. The zero-order chi connectivity index (χ0) is 14.7. The van der Waals surface area contributed by atoms with Crippen LogP contribution in [-0.4, -0.2) is 7.11 Å². The Labute approximate surface area is 132 Å². The minimum Gasteiger partial charge on any atom is -0.495 e. The Hall–Kier alpha value is -1.14. The van der Waals surface area contributed by atoms with E-state index >= 15 is 0 Å². The van der Waals surface area contributed by atoms with Crippen LogP contribution in [0.3, 0.4) is 0 Å². The van der Waals surface area contributed by atoms with E-state index < -0.39 is 11.6 Å². The molecule has 2 nitrogen and oxygen atoms in total. The summed E-state index contributed by atoms with van der Waals surface area (Å²) < 4.78 is 33.8. The number of halogens is 4. The zero-order valence-corrected chi connectivity index (χ0v) is 13.7. The van der Waals surface area contributed by atoms with Gasteiger partial charge in [0.2, 0.25) is 0 Å². The van der Waals surface area contributed by atoms with Gasteiger partial charge in [0.25, 0.3) is 0 Å². The van der Waals surface area contributed by atoms with E-state index in [1.165, 1.54) is 18.2 Å². The molecule has 0 atom stereocenters. The smallest absolute Gasteiger partial charge is 0.135 e. The molecular formula is C14H11Br2F2NO. The molecule has 0 fully saturated rings. The maximum atomic E-state index is 13.5. The summed E-state index contributed by atoms with van der Waals surface area (Å²) in [6.07, 6.45) is 0. The second-order valence-corrected chi connectivity index (χ2v) is 5.73. The summed E-state index contributed by atoms with van der Waals surface area (Å²) in [5.41, 5.74) is 0.689. The fourth-order valence-electron chi connectivity index (χ4n) is 1.71. The summed E-state index contributed by atoms with van der Waals surface area (Å²) in [6.45, 7) is 0.0435. The van der Waals surface area contributed by atoms with E-state index in [1.807, 2.05) is 0 Å². The third kappa shape index (κ3) is 3.30. The zero-order valence-electron chi connectivity index (χ0n) is 10.5. The molecule has 1 N–H and O–H groups in total. The van der Waals surface area contributed by atoms with Crippen molar-refractivity contribution in [3.05, 3.63) is 56.5 Å². The van der Waals surface area contributed by atoms with Crippen LogP contribution in [0.15, 0.2) is 39.3 Å². The number of methoxy groups -OCH3 is 1. The van der Waals surface area contributed by atoms with Crippen molar-refractivity contribution in [2.45, 2.75) is 6.54 Å². The minimum atomic E-state index is -0.572. The molecule has 2 rings (SSSR count). The first-order valence-electron chi connectivity index (χ1n) is 5.72. The molecule has 0 heterocycles. The van der Waals surface area contributed by atoms with Crippen molar-refractivity contribution < 1.29 is 13.5 Å². The van der Waals surface area contributed by atoms with Gasteiger partial charge in [0, 0.05) is 22.6 Å². The summed E-state index contributed by atoms with van der Waals surface area (Å²) in [6, 6.07) is 7.35. The van der Waals surface area contributed by atoms with Crippen LogP contribution in [0.2, 0.25) is 0 Å². The molecule has 2 aromatic rings. The van der Waals surface area contributed by atoms with Gasteiger partial charge in [-0.3, -0.25) is 0 Å². The topological polar surface area (TPSA) is 21.3 Å². The van der Waals surface area contributed by atoms with Gasteiger partial charge in [0.05, 0.1) is 17.3 Å². The fraction of sp³-hybridized carbons (Fsp3) is 0.143. The highest BCUT2D eigenvalue weighted by Crippen LogP contribution is 2.34. The molecular weight excluding hydrogens is 396 g/mol. The predicted octanol–water partition coefficient (Wildman–Crippen LogP) is 5.11. The van der Waals surface area contributed by atoms with E-state index in [4.69, 9.17) is 4.74 Å². The standard InChI is InChI=1S/C14H11Br2F2NO/c1-20-14-6-13(9(15)5-10(14)16)19-7-8-11(17)3-2-4-12(8)18/h2-6,19H,7H2,1H3. The fourth-order valence-corrected chi connectivity index (χ4v) is 3.00. The highest BCUT2D eigenvalue weighted by atomic mass is 79.9. The Balaban J connectivity index is 2.23. The first kappa shape index (κ1) is 15.3. The lowest BCUT2D eigenvalue weighted by Gasteiger charge is -2.12. The number of nitrogens with one attached hydrogen (secondary N) is 1. The molecule has 0 amide bonds. The van der Waals surface area contributed by atoms with Crippen LogP contribution in [0, 0.1) is 11.6 Å². The lowest BCUT2D eigenvalue weighted by molar-refractivity contribution is 0.412.